The Hall–Kier alpha value is -2.26. The van der Waals surface area contributed by atoms with E-state index in [0.717, 1.165) is 50.0 Å². The van der Waals surface area contributed by atoms with Crippen molar-refractivity contribution < 1.29 is 10.2 Å². The fourth-order valence-corrected chi connectivity index (χ4v) is 5.36. The lowest BCUT2D eigenvalue weighted by atomic mass is 10.0. The number of thiophene rings is 1. The average molecular weight is 485 g/mol. The number of benzene rings is 2. The minimum absolute atomic E-state index is 0.310. The lowest BCUT2D eigenvalue weighted by Crippen LogP contribution is -2.39. The summed E-state index contributed by atoms with van der Waals surface area (Å²) in [7, 11) is 0. The molecule has 0 bridgehead atoms. The fourth-order valence-electron chi connectivity index (χ4n) is 4.01. The number of likely N-dealkylation sites (N-methyl/N-ethyl adjacent to an activating group) is 1. The molecular weight excluding hydrogens is 456 g/mol. The van der Waals surface area contributed by atoms with Crippen molar-refractivity contribution in [3.05, 3.63) is 59.2 Å². The van der Waals surface area contributed by atoms with Crippen molar-refractivity contribution in [1.82, 2.24) is 15.2 Å². The monoisotopic (exact) mass is 484 g/mol. The summed E-state index contributed by atoms with van der Waals surface area (Å²) in [5.74, 6) is 0.459. The maximum Gasteiger partial charge on any atom is 0.132 e. The first-order valence-corrected chi connectivity index (χ1v) is 12.3. The van der Waals surface area contributed by atoms with E-state index in [2.05, 4.69) is 35.1 Å². The van der Waals surface area contributed by atoms with Crippen molar-refractivity contribution in [1.29, 1.82) is 0 Å². The van der Waals surface area contributed by atoms with E-state index in [0.29, 0.717) is 23.9 Å². The van der Waals surface area contributed by atoms with E-state index >= 15 is 0 Å². The highest BCUT2D eigenvalue weighted by atomic mass is 35.5. The number of nitrogen functional groups attached to an aromatic ring is 1. The van der Waals surface area contributed by atoms with Crippen molar-refractivity contribution in [2.45, 2.75) is 26.2 Å². The second-order valence-corrected chi connectivity index (χ2v) is 9.63. The molecule has 8 heteroatoms. The molecule has 6 nitrogen and oxygen atoms in total. The second kappa shape index (κ2) is 10.3. The molecule has 0 saturated heterocycles. The standard InChI is InChI=1S/C25H29ClN4O2S/c1-3-30(4-2)14-19(31)13-29-25(32)16-6-5-15-9-22(33-21(15)10-16)23-20-11-18(26)8-7-17(20)12-28-24(23)27/h5-12,19,25,29,31-32H,3-4,13-14H2,1-2H3,(H2,27,28). The topological polar surface area (TPSA) is 94.6 Å². The molecule has 0 aliphatic carbocycles. The van der Waals surface area contributed by atoms with Crippen LogP contribution in [-0.2, 0) is 0 Å². The van der Waals surface area contributed by atoms with Gasteiger partial charge in [-0.25, -0.2) is 4.98 Å². The summed E-state index contributed by atoms with van der Waals surface area (Å²) in [6.07, 6.45) is 0.340. The van der Waals surface area contributed by atoms with Gasteiger partial charge < -0.3 is 20.8 Å². The summed E-state index contributed by atoms with van der Waals surface area (Å²) in [6, 6.07) is 13.6. The SMILES string of the molecule is CCN(CC)CC(O)CNC(O)c1ccc2cc(-c3c(N)ncc4ccc(Cl)cc34)sc2c1. The van der Waals surface area contributed by atoms with Gasteiger partial charge in [0.25, 0.3) is 0 Å². The minimum atomic E-state index is -0.866. The van der Waals surface area contributed by atoms with E-state index in [1.807, 2.05) is 36.4 Å². The van der Waals surface area contributed by atoms with Gasteiger partial charge in [0.05, 0.1) is 6.10 Å². The number of nitrogens with zero attached hydrogens (tertiary/aromatic N) is 2. The first kappa shape index (κ1) is 23.9. The van der Waals surface area contributed by atoms with Gasteiger partial charge in [0, 0.05) is 44.8 Å². The number of fused-ring (bicyclic) bond motifs is 2. The summed E-state index contributed by atoms with van der Waals surface area (Å²) in [5.41, 5.74) is 7.89. The number of nitrogens with two attached hydrogens (primary N) is 1. The van der Waals surface area contributed by atoms with Gasteiger partial charge in [-0.15, -0.1) is 11.3 Å². The third-order valence-corrected chi connectivity index (χ3v) is 7.25. The van der Waals surface area contributed by atoms with Crippen LogP contribution in [0.5, 0.6) is 0 Å². The number of rotatable bonds is 9. The van der Waals surface area contributed by atoms with Gasteiger partial charge in [-0.05, 0) is 53.7 Å². The van der Waals surface area contributed by atoms with Crippen molar-refractivity contribution in [3.8, 4) is 10.4 Å². The maximum absolute atomic E-state index is 10.6. The summed E-state index contributed by atoms with van der Waals surface area (Å²) in [6.45, 7) is 6.79. The third-order valence-electron chi connectivity index (χ3n) is 5.90. The van der Waals surface area contributed by atoms with E-state index in [-0.39, 0.29) is 0 Å². The smallest absolute Gasteiger partial charge is 0.132 e. The molecule has 0 radical (unpaired) electrons. The van der Waals surface area contributed by atoms with E-state index in [4.69, 9.17) is 17.3 Å². The average Bonchev–Trinajstić information content (AvgIpc) is 3.23. The molecule has 2 atom stereocenters. The van der Waals surface area contributed by atoms with E-state index < -0.39 is 12.3 Å². The van der Waals surface area contributed by atoms with Crippen LogP contribution in [0.3, 0.4) is 0 Å². The first-order chi connectivity index (χ1) is 15.9. The molecular formula is C25H29ClN4O2S. The molecule has 2 unspecified atom stereocenters. The van der Waals surface area contributed by atoms with Crippen molar-refractivity contribution in [3.63, 3.8) is 0 Å². The first-order valence-electron chi connectivity index (χ1n) is 11.1. The fraction of sp³-hybridized carbons (Fsp3) is 0.320. The summed E-state index contributed by atoms with van der Waals surface area (Å²) in [4.78, 5) is 7.52. The zero-order valence-corrected chi connectivity index (χ0v) is 20.3. The van der Waals surface area contributed by atoms with Crippen LogP contribution in [0.2, 0.25) is 5.02 Å². The molecule has 5 N–H and O–H groups in total. The number of anilines is 1. The van der Waals surface area contributed by atoms with Crippen LogP contribution in [-0.4, -0.2) is 52.4 Å². The number of aliphatic hydroxyl groups excluding tert-OH is 2. The Kier molecular flexibility index (Phi) is 7.48. The Morgan fingerprint density at radius 2 is 1.85 bits per heavy atom. The number of aliphatic hydroxyl groups is 2. The molecule has 2 aromatic carbocycles. The molecule has 4 rings (SSSR count). The Balaban J connectivity index is 1.57. The third kappa shape index (κ3) is 5.30. The van der Waals surface area contributed by atoms with E-state index in [1.165, 1.54) is 0 Å². The number of halogens is 1. The largest absolute Gasteiger partial charge is 0.390 e. The molecule has 0 spiro atoms. The van der Waals surface area contributed by atoms with Crippen LogP contribution in [0.4, 0.5) is 5.82 Å². The van der Waals surface area contributed by atoms with Gasteiger partial charge >= 0.3 is 0 Å². The van der Waals surface area contributed by atoms with E-state index in [9.17, 15) is 10.2 Å². The zero-order chi connectivity index (χ0) is 23.5. The molecule has 2 aromatic heterocycles. The Bertz CT molecular complexity index is 1250. The van der Waals surface area contributed by atoms with Crippen LogP contribution in [0, 0.1) is 0 Å². The molecule has 4 aromatic rings. The zero-order valence-electron chi connectivity index (χ0n) is 18.8. The Morgan fingerprint density at radius 1 is 1.09 bits per heavy atom. The molecule has 0 aliphatic heterocycles. The van der Waals surface area contributed by atoms with Crippen molar-refractivity contribution in [2.75, 3.05) is 31.9 Å². The molecule has 0 amide bonds. The molecule has 0 aliphatic rings. The maximum atomic E-state index is 10.6. The Labute approximate surface area is 202 Å². The Morgan fingerprint density at radius 3 is 2.61 bits per heavy atom. The van der Waals surface area contributed by atoms with Crippen molar-refractivity contribution >= 4 is 49.6 Å². The van der Waals surface area contributed by atoms with Crippen LogP contribution >= 0.6 is 22.9 Å². The van der Waals surface area contributed by atoms with Crippen LogP contribution in [0.25, 0.3) is 31.3 Å². The highest BCUT2D eigenvalue weighted by molar-refractivity contribution is 7.22. The summed E-state index contributed by atoms with van der Waals surface area (Å²) < 4.78 is 1.03. The van der Waals surface area contributed by atoms with Gasteiger partial charge in [-0.1, -0.05) is 43.6 Å². The van der Waals surface area contributed by atoms with E-state index in [1.54, 1.807) is 17.5 Å². The summed E-state index contributed by atoms with van der Waals surface area (Å²) >= 11 is 7.85. The number of pyridine rings is 1. The predicted molar refractivity (Wildman–Crippen MR) is 139 cm³/mol. The van der Waals surface area contributed by atoms with Gasteiger partial charge in [-0.2, -0.15) is 0 Å². The molecule has 33 heavy (non-hydrogen) atoms. The molecule has 174 valence electrons. The van der Waals surface area contributed by atoms with Gasteiger partial charge in [0.1, 0.15) is 12.0 Å². The molecule has 0 fully saturated rings. The molecule has 0 saturated carbocycles. The van der Waals surface area contributed by atoms with Gasteiger partial charge in [0.15, 0.2) is 0 Å². The number of nitrogens with one attached hydrogen (secondary N) is 1. The van der Waals surface area contributed by atoms with Gasteiger partial charge in [-0.3, -0.25) is 5.32 Å². The molecule has 2 heterocycles. The predicted octanol–water partition coefficient (Wildman–Crippen LogP) is 4.64. The number of hydrogen-bond acceptors (Lipinski definition) is 7. The quantitative estimate of drug-likeness (QED) is 0.259. The lowest BCUT2D eigenvalue weighted by Gasteiger charge is -2.23. The van der Waals surface area contributed by atoms with Gasteiger partial charge in [0.2, 0.25) is 0 Å². The lowest BCUT2D eigenvalue weighted by molar-refractivity contribution is 0.0809. The minimum Gasteiger partial charge on any atom is -0.390 e. The highest BCUT2D eigenvalue weighted by Gasteiger charge is 2.16. The normalized spacial score (nSPS) is 13.8. The van der Waals surface area contributed by atoms with Crippen LogP contribution < -0.4 is 11.1 Å². The number of hydrogen-bond donors (Lipinski definition) is 4. The highest BCUT2D eigenvalue weighted by Crippen LogP contribution is 2.40. The van der Waals surface area contributed by atoms with Crippen LogP contribution in [0.1, 0.15) is 25.6 Å². The number of aromatic nitrogens is 1. The summed E-state index contributed by atoms with van der Waals surface area (Å²) in [5, 5.41) is 27.6. The second-order valence-electron chi connectivity index (χ2n) is 8.11. The van der Waals surface area contributed by atoms with Crippen molar-refractivity contribution in [2.24, 2.45) is 0 Å². The van der Waals surface area contributed by atoms with Crippen LogP contribution in [0.15, 0.2) is 48.7 Å².